The third-order valence-electron chi connectivity index (χ3n) is 4.14. The number of hydrogen-bond acceptors (Lipinski definition) is 6. The van der Waals surface area contributed by atoms with E-state index in [4.69, 9.17) is 9.47 Å². The summed E-state index contributed by atoms with van der Waals surface area (Å²) >= 11 is 3.02. The predicted octanol–water partition coefficient (Wildman–Crippen LogP) is 4.92. The number of carboxylic acid groups (broad SMARTS) is 1. The van der Waals surface area contributed by atoms with Crippen molar-refractivity contribution in [3.63, 3.8) is 0 Å². The Balaban J connectivity index is 1.86. The van der Waals surface area contributed by atoms with Gasteiger partial charge in [-0.05, 0) is 64.2 Å². The van der Waals surface area contributed by atoms with Crippen molar-refractivity contribution in [3.05, 3.63) is 67.6 Å². The molecular formula is C21H19FIN3O4S. The van der Waals surface area contributed by atoms with Gasteiger partial charge < -0.3 is 14.6 Å². The highest BCUT2D eigenvalue weighted by molar-refractivity contribution is 14.1. The van der Waals surface area contributed by atoms with E-state index in [9.17, 15) is 14.3 Å². The molecule has 0 saturated carbocycles. The number of nitrogens with zero attached hydrogens (tertiary/aromatic N) is 2. The van der Waals surface area contributed by atoms with Crippen molar-refractivity contribution in [1.29, 1.82) is 0 Å². The number of aliphatic carboxylic acids is 1. The summed E-state index contributed by atoms with van der Waals surface area (Å²) in [6.07, 6.45) is 2.18. The van der Waals surface area contributed by atoms with Crippen LogP contribution in [0.4, 0.5) is 4.39 Å². The second-order valence-corrected chi connectivity index (χ2v) is 8.42. The summed E-state index contributed by atoms with van der Waals surface area (Å²) < 4.78 is 25.8. The quantitative estimate of drug-likeness (QED) is 0.220. The Morgan fingerprint density at radius 3 is 2.77 bits per heavy atom. The van der Waals surface area contributed by atoms with Crippen LogP contribution < -0.4 is 9.47 Å². The van der Waals surface area contributed by atoms with E-state index in [1.165, 1.54) is 19.3 Å². The molecular weight excluding hydrogens is 536 g/mol. The van der Waals surface area contributed by atoms with E-state index >= 15 is 0 Å². The van der Waals surface area contributed by atoms with Gasteiger partial charge in [-0.2, -0.15) is 0 Å². The maximum atomic E-state index is 13.9. The smallest absolute Gasteiger partial charge is 0.342 e. The van der Waals surface area contributed by atoms with Gasteiger partial charge >= 0.3 is 5.97 Å². The average Bonchev–Trinajstić information content (AvgIpc) is 3.21. The molecule has 0 aliphatic rings. The number of benzene rings is 2. The van der Waals surface area contributed by atoms with Gasteiger partial charge in [0.2, 0.25) is 5.16 Å². The van der Waals surface area contributed by atoms with Crippen LogP contribution in [0.15, 0.2) is 46.5 Å². The van der Waals surface area contributed by atoms with Gasteiger partial charge in [0.05, 0.1) is 10.7 Å². The topological polar surface area (TPSA) is 97.3 Å². The van der Waals surface area contributed by atoms with E-state index in [1.54, 1.807) is 30.3 Å². The highest BCUT2D eigenvalue weighted by Crippen LogP contribution is 2.36. The van der Waals surface area contributed by atoms with Gasteiger partial charge in [0.25, 0.3) is 0 Å². The molecule has 31 heavy (non-hydrogen) atoms. The standard InChI is InChI=1S/C21H19FIN3O4S/c1-3-18-24-21(26-25-18)31-17(20(27)28)10-12-8-15(23)19(16(9-12)29-2)30-11-13-6-4-5-7-14(13)22/h4-10H,3,11H2,1-2H3,(H,27,28)(H,24,25,26)/b17-10-. The maximum Gasteiger partial charge on any atom is 0.342 e. The van der Waals surface area contributed by atoms with Crippen LogP contribution in [0.3, 0.4) is 0 Å². The molecule has 162 valence electrons. The summed E-state index contributed by atoms with van der Waals surface area (Å²) in [5.41, 5.74) is 1.03. The molecule has 0 bridgehead atoms. The molecule has 0 saturated heterocycles. The second-order valence-electron chi connectivity index (χ2n) is 6.25. The van der Waals surface area contributed by atoms with Crippen LogP contribution in [0.25, 0.3) is 6.08 Å². The number of halogens is 2. The predicted molar refractivity (Wildman–Crippen MR) is 124 cm³/mol. The summed E-state index contributed by atoms with van der Waals surface area (Å²) in [6, 6.07) is 9.80. The number of methoxy groups -OCH3 is 1. The number of aromatic amines is 1. The Bertz CT molecular complexity index is 1120. The lowest BCUT2D eigenvalue weighted by molar-refractivity contribution is -0.131. The zero-order chi connectivity index (χ0) is 22.4. The maximum absolute atomic E-state index is 13.9. The first kappa shape index (κ1) is 23.1. The largest absolute Gasteiger partial charge is 0.493 e. The fourth-order valence-corrected chi connectivity index (χ4v) is 4.10. The van der Waals surface area contributed by atoms with Crippen molar-refractivity contribution in [3.8, 4) is 11.5 Å². The van der Waals surface area contributed by atoms with E-state index in [1.807, 2.05) is 6.92 Å². The van der Waals surface area contributed by atoms with Crippen LogP contribution in [0.2, 0.25) is 0 Å². The Hall–Kier alpha value is -2.60. The molecule has 3 aromatic rings. The van der Waals surface area contributed by atoms with Crippen LogP contribution in [0.5, 0.6) is 11.5 Å². The molecule has 3 rings (SSSR count). The third-order valence-corrected chi connectivity index (χ3v) is 5.82. The van der Waals surface area contributed by atoms with Crippen LogP contribution in [0, 0.1) is 9.39 Å². The van der Waals surface area contributed by atoms with E-state index < -0.39 is 5.97 Å². The Kier molecular flexibility index (Phi) is 7.91. The molecule has 0 aliphatic carbocycles. The third kappa shape index (κ3) is 5.97. The van der Waals surface area contributed by atoms with Crippen LogP contribution in [-0.2, 0) is 17.8 Å². The number of H-pyrrole nitrogens is 1. The van der Waals surface area contributed by atoms with Crippen molar-refractivity contribution >= 4 is 46.4 Å². The van der Waals surface area contributed by atoms with Gasteiger partial charge in [-0.1, -0.05) is 25.1 Å². The van der Waals surface area contributed by atoms with Crippen LogP contribution in [0.1, 0.15) is 23.9 Å². The molecule has 7 nitrogen and oxygen atoms in total. The van der Waals surface area contributed by atoms with Crippen molar-refractivity contribution in [2.24, 2.45) is 0 Å². The minimum atomic E-state index is -1.10. The summed E-state index contributed by atoms with van der Waals surface area (Å²) in [7, 11) is 1.49. The summed E-state index contributed by atoms with van der Waals surface area (Å²) in [4.78, 5) is 16.0. The number of rotatable bonds is 9. The lowest BCUT2D eigenvalue weighted by Gasteiger charge is -2.14. The average molecular weight is 555 g/mol. The van der Waals surface area contributed by atoms with Gasteiger partial charge in [0.1, 0.15) is 23.2 Å². The van der Waals surface area contributed by atoms with E-state index in [0.29, 0.717) is 43.6 Å². The first-order valence-corrected chi connectivity index (χ1v) is 11.1. The second kappa shape index (κ2) is 10.6. The molecule has 0 fully saturated rings. The van der Waals surface area contributed by atoms with Crippen molar-refractivity contribution in [1.82, 2.24) is 15.2 Å². The minimum absolute atomic E-state index is 0.0367. The van der Waals surface area contributed by atoms with Crippen LogP contribution in [-0.4, -0.2) is 33.4 Å². The zero-order valence-corrected chi connectivity index (χ0v) is 19.7. The van der Waals surface area contributed by atoms with Gasteiger partial charge in [-0.15, -0.1) is 5.10 Å². The molecule has 0 aliphatic heterocycles. The van der Waals surface area contributed by atoms with E-state index in [-0.39, 0.29) is 17.3 Å². The number of carboxylic acids is 1. The number of hydrogen-bond donors (Lipinski definition) is 2. The van der Waals surface area contributed by atoms with Gasteiger partial charge in [0, 0.05) is 12.0 Å². The van der Waals surface area contributed by atoms with E-state index in [2.05, 4.69) is 37.8 Å². The molecule has 0 amide bonds. The number of nitrogens with one attached hydrogen (secondary N) is 1. The molecule has 2 N–H and O–H groups in total. The fraction of sp³-hybridized carbons (Fsp3) is 0.190. The van der Waals surface area contributed by atoms with Crippen molar-refractivity contribution in [2.75, 3.05) is 7.11 Å². The van der Waals surface area contributed by atoms with E-state index in [0.717, 1.165) is 11.8 Å². The summed E-state index contributed by atoms with van der Waals surface area (Å²) in [6.45, 7) is 1.96. The first-order chi connectivity index (χ1) is 14.9. The first-order valence-electron chi connectivity index (χ1n) is 9.19. The van der Waals surface area contributed by atoms with Crippen LogP contribution >= 0.6 is 34.4 Å². The molecule has 1 heterocycles. The monoisotopic (exact) mass is 555 g/mol. The fourth-order valence-electron chi connectivity index (χ4n) is 2.59. The van der Waals surface area contributed by atoms with Crippen molar-refractivity contribution < 1.29 is 23.8 Å². The van der Waals surface area contributed by atoms with Crippen molar-refractivity contribution in [2.45, 2.75) is 25.1 Å². The molecule has 1 aromatic heterocycles. The lowest BCUT2D eigenvalue weighted by Crippen LogP contribution is -2.02. The molecule has 0 radical (unpaired) electrons. The molecule has 10 heteroatoms. The molecule has 2 aromatic carbocycles. The Morgan fingerprint density at radius 1 is 1.35 bits per heavy atom. The zero-order valence-electron chi connectivity index (χ0n) is 16.7. The number of carbonyl (C=O) groups is 1. The Morgan fingerprint density at radius 2 is 2.13 bits per heavy atom. The molecule has 0 atom stereocenters. The minimum Gasteiger partial charge on any atom is -0.493 e. The highest BCUT2D eigenvalue weighted by Gasteiger charge is 2.16. The Labute approximate surface area is 196 Å². The highest BCUT2D eigenvalue weighted by atomic mass is 127. The van der Waals surface area contributed by atoms with Gasteiger partial charge in [0.15, 0.2) is 11.5 Å². The lowest BCUT2D eigenvalue weighted by atomic mass is 10.2. The summed E-state index contributed by atoms with van der Waals surface area (Å²) in [5, 5.41) is 16.7. The number of thioether (sulfide) groups is 1. The van der Waals surface area contributed by atoms with Gasteiger partial charge in [-0.3, -0.25) is 5.10 Å². The molecule has 0 unspecified atom stereocenters. The van der Waals surface area contributed by atoms with Gasteiger partial charge in [-0.25, -0.2) is 14.2 Å². The SMILES string of the molecule is CCc1nc(S/C(=C\c2cc(I)c(OCc3ccccc3F)c(OC)c2)C(=O)O)n[nH]1. The summed E-state index contributed by atoms with van der Waals surface area (Å²) in [5.74, 6) is 0.101. The number of aromatic nitrogens is 3. The molecule has 0 spiro atoms. The number of ether oxygens (including phenoxy) is 2. The number of aryl methyl sites for hydroxylation is 1. The normalized spacial score (nSPS) is 11.4.